The lowest BCUT2D eigenvalue weighted by Gasteiger charge is -2.28. The van der Waals surface area contributed by atoms with Crippen molar-refractivity contribution >= 4 is 23.4 Å². The van der Waals surface area contributed by atoms with Crippen molar-refractivity contribution in [3.8, 4) is 0 Å². The van der Waals surface area contributed by atoms with Gasteiger partial charge in [-0.2, -0.15) is 0 Å². The van der Waals surface area contributed by atoms with Gasteiger partial charge < -0.3 is 14.8 Å². The number of carbonyl (C=O) groups excluding carboxylic acids is 2. The van der Waals surface area contributed by atoms with Crippen molar-refractivity contribution in [3.05, 3.63) is 52.1 Å². The highest BCUT2D eigenvalue weighted by Gasteiger charge is 2.27. The van der Waals surface area contributed by atoms with Crippen molar-refractivity contribution in [2.24, 2.45) is 0 Å². The van der Waals surface area contributed by atoms with E-state index in [-0.39, 0.29) is 11.8 Å². The van der Waals surface area contributed by atoms with Gasteiger partial charge in [0.1, 0.15) is 5.82 Å². The van der Waals surface area contributed by atoms with Gasteiger partial charge in [-0.25, -0.2) is 4.98 Å². The molecule has 1 aliphatic rings. The number of benzene rings is 1. The number of halogens is 1. The van der Waals surface area contributed by atoms with Crippen LogP contribution in [-0.4, -0.2) is 32.8 Å². The lowest BCUT2D eigenvalue weighted by atomic mass is 10.1. The molecule has 0 saturated heterocycles. The van der Waals surface area contributed by atoms with E-state index in [2.05, 4.69) is 9.88 Å². The minimum atomic E-state index is -0.0639. The van der Waals surface area contributed by atoms with E-state index in [1.807, 2.05) is 30.9 Å². The van der Waals surface area contributed by atoms with Gasteiger partial charge in [-0.3, -0.25) is 9.59 Å². The number of nitrogens with one attached hydrogen (secondary N) is 1. The summed E-state index contributed by atoms with van der Waals surface area (Å²) in [6.45, 7) is 6.13. The average Bonchev–Trinajstić information content (AvgIpc) is 3.02. The number of hydrogen-bond acceptors (Lipinski definition) is 3. The van der Waals surface area contributed by atoms with Crippen LogP contribution >= 0.6 is 11.6 Å². The van der Waals surface area contributed by atoms with Crippen molar-refractivity contribution in [1.82, 2.24) is 19.8 Å². The van der Waals surface area contributed by atoms with Gasteiger partial charge in [0, 0.05) is 25.9 Å². The van der Waals surface area contributed by atoms with E-state index in [1.54, 1.807) is 12.1 Å². The molecule has 6 nitrogen and oxygen atoms in total. The summed E-state index contributed by atoms with van der Waals surface area (Å²) >= 11 is 6.18. The Morgan fingerprint density at radius 3 is 2.73 bits per heavy atom. The van der Waals surface area contributed by atoms with Crippen LogP contribution < -0.4 is 5.32 Å². The summed E-state index contributed by atoms with van der Waals surface area (Å²) < 4.78 is 2.09. The highest BCUT2D eigenvalue weighted by Crippen LogP contribution is 2.24. The van der Waals surface area contributed by atoms with Gasteiger partial charge in [-0.15, -0.1) is 0 Å². The number of aromatic nitrogens is 2. The lowest BCUT2D eigenvalue weighted by molar-refractivity contribution is -0.120. The highest BCUT2D eigenvalue weighted by molar-refractivity contribution is 6.33. The maximum absolute atomic E-state index is 12.8. The van der Waals surface area contributed by atoms with Crippen molar-refractivity contribution in [1.29, 1.82) is 0 Å². The van der Waals surface area contributed by atoms with Crippen LogP contribution in [0, 0.1) is 0 Å². The molecule has 26 heavy (non-hydrogen) atoms. The summed E-state index contributed by atoms with van der Waals surface area (Å²) in [6.07, 6.45) is 1.15. The molecule has 0 radical (unpaired) electrons. The molecule has 2 amide bonds. The summed E-state index contributed by atoms with van der Waals surface area (Å²) in [6, 6.07) is 7.12. The van der Waals surface area contributed by atoms with Crippen LogP contribution in [0.5, 0.6) is 0 Å². The standard InChI is InChI=1S/C19H23ClN4O2/c1-3-18(25)21-11-17-22-15-9-10-23(12-16(15)24(17)4-2)19(26)13-7-5-6-8-14(13)20/h5-8H,3-4,9-12H2,1-2H3,(H,21,25). The molecule has 2 aromatic rings. The quantitative estimate of drug-likeness (QED) is 0.875. The predicted octanol–water partition coefficient (Wildman–Crippen LogP) is 2.78. The predicted molar refractivity (Wildman–Crippen MR) is 99.9 cm³/mol. The van der Waals surface area contributed by atoms with Crippen LogP contribution in [0.15, 0.2) is 24.3 Å². The average molecular weight is 375 g/mol. The lowest BCUT2D eigenvalue weighted by Crippen LogP contribution is -2.37. The molecule has 1 aromatic heterocycles. The van der Waals surface area contributed by atoms with Crippen LogP contribution in [0.2, 0.25) is 5.02 Å². The molecular formula is C19H23ClN4O2. The zero-order valence-corrected chi connectivity index (χ0v) is 15.8. The van der Waals surface area contributed by atoms with E-state index >= 15 is 0 Å². The van der Waals surface area contributed by atoms with Gasteiger partial charge in [0.05, 0.1) is 35.1 Å². The van der Waals surface area contributed by atoms with Crippen molar-refractivity contribution in [2.75, 3.05) is 6.54 Å². The Bertz CT molecular complexity index is 831. The first kappa shape index (κ1) is 18.5. The van der Waals surface area contributed by atoms with Gasteiger partial charge in [0.15, 0.2) is 0 Å². The molecule has 3 rings (SSSR count). The normalized spacial score (nSPS) is 13.4. The minimum absolute atomic E-state index is 0.00384. The van der Waals surface area contributed by atoms with E-state index in [9.17, 15) is 9.59 Å². The fourth-order valence-corrected chi connectivity index (χ4v) is 3.48. The Balaban J connectivity index is 1.81. The molecule has 1 aromatic carbocycles. The first-order chi connectivity index (χ1) is 12.5. The number of nitrogens with zero attached hydrogens (tertiary/aromatic N) is 3. The fourth-order valence-electron chi connectivity index (χ4n) is 3.26. The number of rotatable bonds is 5. The first-order valence-corrected chi connectivity index (χ1v) is 9.30. The summed E-state index contributed by atoms with van der Waals surface area (Å²) in [7, 11) is 0. The number of hydrogen-bond donors (Lipinski definition) is 1. The number of carbonyl (C=O) groups is 2. The van der Waals surface area contributed by atoms with Gasteiger partial charge >= 0.3 is 0 Å². The van der Waals surface area contributed by atoms with E-state index in [4.69, 9.17) is 16.6 Å². The molecule has 0 aliphatic carbocycles. The Labute approximate surface area is 158 Å². The second-order valence-electron chi connectivity index (χ2n) is 6.25. The van der Waals surface area contributed by atoms with E-state index < -0.39 is 0 Å². The molecule has 0 atom stereocenters. The largest absolute Gasteiger partial charge is 0.349 e. The van der Waals surface area contributed by atoms with Crippen LogP contribution in [-0.2, 0) is 30.8 Å². The second kappa shape index (κ2) is 7.91. The third kappa shape index (κ3) is 3.60. The Morgan fingerprint density at radius 2 is 2.04 bits per heavy atom. The molecule has 0 saturated carbocycles. The second-order valence-corrected chi connectivity index (χ2v) is 6.66. The molecule has 0 spiro atoms. The zero-order chi connectivity index (χ0) is 18.7. The molecule has 1 N–H and O–H groups in total. The summed E-state index contributed by atoms with van der Waals surface area (Å²) in [5.41, 5.74) is 2.58. The van der Waals surface area contributed by atoms with Crippen molar-refractivity contribution in [2.45, 2.75) is 46.3 Å². The van der Waals surface area contributed by atoms with Gasteiger partial charge in [0.25, 0.3) is 5.91 Å². The van der Waals surface area contributed by atoms with Crippen LogP contribution in [0.25, 0.3) is 0 Å². The Kier molecular flexibility index (Phi) is 5.61. The van der Waals surface area contributed by atoms with Crippen molar-refractivity contribution in [3.63, 3.8) is 0 Å². The maximum atomic E-state index is 12.8. The molecule has 0 unspecified atom stereocenters. The molecule has 0 bridgehead atoms. The van der Waals surface area contributed by atoms with Gasteiger partial charge in [-0.05, 0) is 19.1 Å². The molecular weight excluding hydrogens is 352 g/mol. The monoisotopic (exact) mass is 374 g/mol. The Morgan fingerprint density at radius 1 is 1.27 bits per heavy atom. The smallest absolute Gasteiger partial charge is 0.255 e. The van der Waals surface area contributed by atoms with E-state index in [1.165, 1.54) is 0 Å². The minimum Gasteiger partial charge on any atom is -0.349 e. The van der Waals surface area contributed by atoms with Gasteiger partial charge in [0.2, 0.25) is 5.91 Å². The first-order valence-electron chi connectivity index (χ1n) is 8.92. The molecule has 0 fully saturated rings. The third-order valence-electron chi connectivity index (χ3n) is 4.67. The molecule has 7 heteroatoms. The maximum Gasteiger partial charge on any atom is 0.255 e. The SMILES string of the molecule is CCC(=O)NCc1nc2c(n1CC)CN(C(=O)c1ccccc1Cl)CC2. The molecule has 138 valence electrons. The van der Waals surface area contributed by atoms with Crippen LogP contribution in [0.3, 0.4) is 0 Å². The zero-order valence-electron chi connectivity index (χ0n) is 15.1. The number of amides is 2. The summed E-state index contributed by atoms with van der Waals surface area (Å²) in [5.74, 6) is 0.779. The number of fused-ring (bicyclic) bond motifs is 1. The molecule has 1 aliphatic heterocycles. The summed E-state index contributed by atoms with van der Waals surface area (Å²) in [4.78, 5) is 30.9. The van der Waals surface area contributed by atoms with E-state index in [0.29, 0.717) is 43.1 Å². The molecule has 2 heterocycles. The number of imidazole rings is 1. The topological polar surface area (TPSA) is 67.2 Å². The third-order valence-corrected chi connectivity index (χ3v) is 5.00. The Hall–Kier alpha value is -2.34. The van der Waals surface area contributed by atoms with Crippen LogP contribution in [0.1, 0.15) is 47.8 Å². The van der Waals surface area contributed by atoms with Crippen molar-refractivity contribution < 1.29 is 9.59 Å². The van der Waals surface area contributed by atoms with Gasteiger partial charge in [-0.1, -0.05) is 30.7 Å². The highest BCUT2D eigenvalue weighted by atomic mass is 35.5. The summed E-state index contributed by atoms with van der Waals surface area (Å²) in [5, 5.41) is 3.35. The van der Waals surface area contributed by atoms with E-state index in [0.717, 1.165) is 23.8 Å². The fraction of sp³-hybridized carbons (Fsp3) is 0.421. The van der Waals surface area contributed by atoms with Crippen LogP contribution in [0.4, 0.5) is 0 Å².